The van der Waals surface area contributed by atoms with E-state index < -0.39 is 7.82 Å². The van der Waals surface area contributed by atoms with Crippen molar-refractivity contribution in [1.82, 2.24) is 0 Å². The SMILES string of the molecule is O=P(O)(O)O[TeH]. The van der Waals surface area contributed by atoms with Crippen molar-refractivity contribution in [3.8, 4) is 0 Å². The summed E-state index contributed by atoms with van der Waals surface area (Å²) in [6, 6.07) is 0. The summed E-state index contributed by atoms with van der Waals surface area (Å²) in [5, 5.41) is 0. The Morgan fingerprint density at radius 3 is 1.83 bits per heavy atom. The molecule has 0 saturated carbocycles. The van der Waals surface area contributed by atoms with Crippen molar-refractivity contribution in [2.45, 2.75) is 0 Å². The van der Waals surface area contributed by atoms with Crippen LogP contribution in [-0.4, -0.2) is 32.5 Å². The molecule has 4 nitrogen and oxygen atoms in total. The van der Waals surface area contributed by atoms with Gasteiger partial charge in [-0.05, 0) is 0 Å². The molecule has 0 aliphatic rings. The van der Waals surface area contributed by atoms with Gasteiger partial charge in [0.2, 0.25) is 0 Å². The fourth-order valence-electron chi connectivity index (χ4n) is 0. The molecule has 0 aromatic heterocycles. The van der Waals surface area contributed by atoms with Crippen molar-refractivity contribution in [2.75, 3.05) is 0 Å². The molecule has 0 aromatic rings. The van der Waals surface area contributed by atoms with Gasteiger partial charge >= 0.3 is 47.8 Å². The number of hydrogen-bond donors (Lipinski definition) is 2. The molecule has 0 aliphatic heterocycles. The van der Waals surface area contributed by atoms with Gasteiger partial charge in [0.05, 0.1) is 0 Å². The average Bonchev–Trinajstić information content (AvgIpc) is 1.35. The molecule has 0 radical (unpaired) electrons. The summed E-state index contributed by atoms with van der Waals surface area (Å²) >= 11 is 0.635. The maximum atomic E-state index is 9.48. The van der Waals surface area contributed by atoms with Crippen LogP contribution in [0.1, 0.15) is 0 Å². The first-order valence-corrected chi connectivity index (χ1v) is 3.52. The Kier molecular flexibility index (Phi) is 2.61. The zero-order valence-electron chi connectivity index (χ0n) is 2.61. The van der Waals surface area contributed by atoms with E-state index in [0.29, 0.717) is 22.7 Å². The van der Waals surface area contributed by atoms with E-state index in [1.165, 1.54) is 0 Å². The van der Waals surface area contributed by atoms with E-state index in [0.717, 1.165) is 0 Å². The fraction of sp³-hybridized carbons (Fsp3) is 0. The Morgan fingerprint density at radius 2 is 1.83 bits per heavy atom. The van der Waals surface area contributed by atoms with Gasteiger partial charge in [0.15, 0.2) is 0 Å². The molecule has 0 saturated heterocycles. The number of hydrogen-bond acceptors (Lipinski definition) is 2. The maximum absolute atomic E-state index is 9.48. The summed E-state index contributed by atoms with van der Waals surface area (Å²) in [5.74, 6) is 0. The third-order valence-electron chi connectivity index (χ3n) is 0.106. The Balaban J connectivity index is 3.48. The second-order valence-corrected chi connectivity index (χ2v) is 3.11. The molecule has 6 heteroatoms. The summed E-state index contributed by atoms with van der Waals surface area (Å²) in [7, 11) is -4.12. The Hall–Kier alpha value is 0.900. The topological polar surface area (TPSA) is 66.8 Å². The zero-order valence-corrected chi connectivity index (χ0v) is 6.05. The van der Waals surface area contributed by atoms with Gasteiger partial charge in [0, 0.05) is 0 Å². The molecular weight excluding hydrogens is 223 g/mol. The van der Waals surface area contributed by atoms with Crippen LogP contribution in [0, 0.1) is 0 Å². The Bertz CT molecular complexity index is 71.6. The Morgan fingerprint density at radius 1 is 1.67 bits per heavy atom. The molecule has 0 rings (SSSR count). The quantitative estimate of drug-likeness (QED) is 0.440. The van der Waals surface area contributed by atoms with Crippen molar-refractivity contribution in [1.29, 1.82) is 0 Å². The molecule has 2 N–H and O–H groups in total. The van der Waals surface area contributed by atoms with Crippen molar-refractivity contribution < 1.29 is 17.2 Å². The van der Waals surface area contributed by atoms with Gasteiger partial charge in [0.1, 0.15) is 0 Å². The normalized spacial score (nSPS) is 11.8. The van der Waals surface area contributed by atoms with Gasteiger partial charge in [-0.1, -0.05) is 0 Å². The van der Waals surface area contributed by atoms with Crippen LogP contribution in [0.3, 0.4) is 0 Å². The molecule has 0 fully saturated rings. The molecule has 6 heavy (non-hydrogen) atoms. The molecule has 0 amide bonds. The molecule has 0 aliphatic carbocycles. The van der Waals surface area contributed by atoms with Gasteiger partial charge in [-0.2, -0.15) is 0 Å². The summed E-state index contributed by atoms with van der Waals surface area (Å²) < 4.78 is 13.1. The van der Waals surface area contributed by atoms with Crippen LogP contribution in [0.25, 0.3) is 0 Å². The summed E-state index contributed by atoms with van der Waals surface area (Å²) in [6.07, 6.45) is 0. The van der Waals surface area contributed by atoms with Gasteiger partial charge in [-0.3, -0.25) is 0 Å². The average molecular weight is 226 g/mol. The molecule has 0 aromatic carbocycles. The first-order chi connectivity index (χ1) is 2.56. The van der Waals surface area contributed by atoms with Crippen LogP contribution in [-0.2, 0) is 7.45 Å². The van der Waals surface area contributed by atoms with Gasteiger partial charge in [0.25, 0.3) is 0 Å². The predicted octanol–water partition coefficient (Wildman–Crippen LogP) is -1.09. The monoisotopic (exact) mass is 228 g/mol. The standard InChI is InChI=1S/H3O4PTe/c1-5(2,3)4-6/h6H,(H2,1,2,3). The molecule has 0 spiro atoms. The van der Waals surface area contributed by atoms with Crippen LogP contribution in [0.4, 0.5) is 0 Å². The summed E-state index contributed by atoms with van der Waals surface area (Å²) in [6.45, 7) is 0. The second-order valence-electron chi connectivity index (χ2n) is 0.572. The molecule has 0 unspecified atom stereocenters. The molecule has 0 heterocycles. The van der Waals surface area contributed by atoms with E-state index in [-0.39, 0.29) is 0 Å². The van der Waals surface area contributed by atoms with E-state index in [9.17, 15) is 4.57 Å². The summed E-state index contributed by atoms with van der Waals surface area (Å²) in [4.78, 5) is 15.5. The van der Waals surface area contributed by atoms with E-state index in [1.54, 1.807) is 0 Å². The fourth-order valence-corrected chi connectivity index (χ4v) is 0. The van der Waals surface area contributed by atoms with Gasteiger partial charge in [-0.15, -0.1) is 0 Å². The van der Waals surface area contributed by atoms with Crippen LogP contribution in [0.5, 0.6) is 0 Å². The van der Waals surface area contributed by atoms with Crippen LogP contribution in [0.2, 0.25) is 0 Å². The van der Waals surface area contributed by atoms with E-state index in [2.05, 4.69) is 2.89 Å². The first kappa shape index (κ1) is 6.90. The molecule has 0 bridgehead atoms. The van der Waals surface area contributed by atoms with Crippen molar-refractivity contribution in [3.05, 3.63) is 0 Å². The van der Waals surface area contributed by atoms with Gasteiger partial charge in [-0.25, -0.2) is 0 Å². The van der Waals surface area contributed by atoms with Crippen LogP contribution >= 0.6 is 7.82 Å². The second kappa shape index (κ2) is 2.27. The van der Waals surface area contributed by atoms with Crippen molar-refractivity contribution in [2.24, 2.45) is 0 Å². The van der Waals surface area contributed by atoms with Crippen molar-refractivity contribution >= 4 is 30.5 Å². The number of phosphoric acid groups is 1. The minimum absolute atomic E-state index is 0.635. The molecular formula is H3O4PTe. The predicted molar refractivity (Wildman–Crippen MR) is 20.3 cm³/mol. The third kappa shape index (κ3) is 4.90. The molecule has 0 atom stereocenters. The van der Waals surface area contributed by atoms with Crippen LogP contribution in [0.15, 0.2) is 0 Å². The summed E-state index contributed by atoms with van der Waals surface area (Å²) in [5.41, 5.74) is 0. The van der Waals surface area contributed by atoms with E-state index in [1.807, 2.05) is 0 Å². The number of rotatable bonds is 1. The molecule has 38 valence electrons. The zero-order chi connectivity index (χ0) is 5.21. The van der Waals surface area contributed by atoms with Crippen LogP contribution < -0.4 is 0 Å². The van der Waals surface area contributed by atoms with E-state index >= 15 is 0 Å². The minimum atomic E-state index is -4.12. The van der Waals surface area contributed by atoms with Crippen molar-refractivity contribution in [3.63, 3.8) is 0 Å². The third-order valence-corrected chi connectivity index (χ3v) is 2.14. The van der Waals surface area contributed by atoms with Gasteiger partial charge < -0.3 is 0 Å². The first-order valence-electron chi connectivity index (χ1n) is 0.948. The Labute approximate surface area is 48.2 Å². The van der Waals surface area contributed by atoms with E-state index in [4.69, 9.17) is 9.79 Å².